The molecule has 2 rings (SSSR count). The molecule has 1 aliphatic heterocycles. The van der Waals surface area contributed by atoms with E-state index in [-0.39, 0.29) is 12.6 Å². The molecule has 1 aliphatic rings. The summed E-state index contributed by atoms with van der Waals surface area (Å²) in [4.78, 5) is 0.312. The summed E-state index contributed by atoms with van der Waals surface area (Å²) >= 11 is 0. The second-order valence-corrected chi connectivity index (χ2v) is 6.45. The molecule has 1 saturated heterocycles. The number of aliphatic hydroxyl groups excluding tert-OH is 1. The van der Waals surface area contributed by atoms with Crippen molar-refractivity contribution in [3.63, 3.8) is 0 Å². The summed E-state index contributed by atoms with van der Waals surface area (Å²) in [5.41, 5.74) is 1.03. The fourth-order valence-electron chi connectivity index (χ4n) is 1.99. The van der Waals surface area contributed by atoms with Gasteiger partial charge in [0.15, 0.2) is 0 Å². The van der Waals surface area contributed by atoms with Gasteiger partial charge >= 0.3 is 0 Å². The summed E-state index contributed by atoms with van der Waals surface area (Å²) in [6, 6.07) is 6.65. The lowest BCUT2D eigenvalue weighted by Gasteiger charge is -2.31. The lowest BCUT2D eigenvalue weighted by Crippen LogP contribution is -2.53. The maximum atomic E-state index is 12.4. The number of nitrogens with zero attached hydrogens (tertiary/aromatic N) is 1. The van der Waals surface area contributed by atoms with Gasteiger partial charge in [0, 0.05) is 25.7 Å². The number of nitrogens with one attached hydrogen (secondary N) is 1. The molecule has 1 fully saturated rings. The largest absolute Gasteiger partial charge is 0.395 e. The van der Waals surface area contributed by atoms with E-state index in [2.05, 4.69) is 5.32 Å². The van der Waals surface area contributed by atoms with Crippen LogP contribution in [0.2, 0.25) is 0 Å². The average Bonchev–Trinajstić information content (AvgIpc) is 2.39. The molecule has 0 aromatic heterocycles. The molecule has 0 spiro atoms. The van der Waals surface area contributed by atoms with Crippen LogP contribution in [-0.2, 0) is 10.0 Å². The number of hydrogen-bond acceptors (Lipinski definition) is 4. The van der Waals surface area contributed by atoms with E-state index in [1.165, 1.54) is 4.31 Å². The molecule has 0 radical (unpaired) electrons. The highest BCUT2D eigenvalue weighted by Gasteiger charge is 2.29. The van der Waals surface area contributed by atoms with Gasteiger partial charge in [-0.05, 0) is 19.1 Å². The highest BCUT2D eigenvalue weighted by atomic mass is 32.2. The molecule has 100 valence electrons. The summed E-state index contributed by atoms with van der Waals surface area (Å²) < 4.78 is 26.2. The van der Waals surface area contributed by atoms with Crippen LogP contribution in [0.5, 0.6) is 0 Å². The lowest BCUT2D eigenvalue weighted by atomic mass is 10.2. The molecule has 0 amide bonds. The highest BCUT2D eigenvalue weighted by Crippen LogP contribution is 2.17. The quantitative estimate of drug-likeness (QED) is 0.808. The Bertz CT molecular complexity index is 499. The zero-order valence-corrected chi connectivity index (χ0v) is 11.2. The van der Waals surface area contributed by atoms with Crippen LogP contribution in [-0.4, -0.2) is 50.1 Å². The first-order chi connectivity index (χ1) is 8.54. The summed E-state index contributed by atoms with van der Waals surface area (Å²) in [6.07, 6.45) is 0. The minimum atomic E-state index is -3.44. The van der Waals surface area contributed by atoms with Gasteiger partial charge in [-0.15, -0.1) is 0 Å². The molecular weight excluding hydrogens is 252 g/mol. The Morgan fingerprint density at radius 3 is 2.67 bits per heavy atom. The number of benzene rings is 1. The number of aliphatic hydroxyl groups is 1. The van der Waals surface area contributed by atoms with Crippen LogP contribution >= 0.6 is 0 Å². The summed E-state index contributed by atoms with van der Waals surface area (Å²) in [5, 5.41) is 12.2. The van der Waals surface area contributed by atoms with Gasteiger partial charge in [0.1, 0.15) is 0 Å². The maximum absolute atomic E-state index is 12.4. The first kappa shape index (κ1) is 13.5. The van der Waals surface area contributed by atoms with Crippen LogP contribution in [0.1, 0.15) is 5.56 Å². The molecule has 1 atom stereocenters. The van der Waals surface area contributed by atoms with E-state index in [0.29, 0.717) is 24.5 Å². The Hall–Kier alpha value is -0.950. The number of rotatable bonds is 3. The molecule has 0 bridgehead atoms. The Morgan fingerprint density at radius 2 is 2.06 bits per heavy atom. The van der Waals surface area contributed by atoms with Gasteiger partial charge in [0.05, 0.1) is 11.5 Å². The summed E-state index contributed by atoms with van der Waals surface area (Å²) in [6.45, 7) is 3.18. The molecule has 1 aromatic carbocycles. The van der Waals surface area contributed by atoms with E-state index in [4.69, 9.17) is 5.11 Å². The molecule has 18 heavy (non-hydrogen) atoms. The van der Waals surface area contributed by atoms with Crippen molar-refractivity contribution in [1.82, 2.24) is 9.62 Å². The monoisotopic (exact) mass is 270 g/mol. The Kier molecular flexibility index (Phi) is 4.01. The second kappa shape index (κ2) is 5.36. The molecule has 2 N–H and O–H groups in total. The predicted octanol–water partition coefficient (Wildman–Crippen LogP) is -0.0502. The van der Waals surface area contributed by atoms with E-state index in [0.717, 1.165) is 5.56 Å². The molecular formula is C12H18N2O3S. The number of hydrogen-bond donors (Lipinski definition) is 2. The van der Waals surface area contributed by atoms with Gasteiger partial charge in [-0.25, -0.2) is 8.42 Å². The van der Waals surface area contributed by atoms with Crippen molar-refractivity contribution in [2.24, 2.45) is 0 Å². The van der Waals surface area contributed by atoms with Gasteiger partial charge in [-0.3, -0.25) is 0 Å². The molecule has 0 unspecified atom stereocenters. The van der Waals surface area contributed by atoms with E-state index in [1.807, 2.05) is 6.92 Å². The number of sulfonamides is 1. The van der Waals surface area contributed by atoms with Crippen LogP contribution in [0.3, 0.4) is 0 Å². The Morgan fingerprint density at radius 1 is 1.39 bits per heavy atom. The molecule has 0 aliphatic carbocycles. The third-order valence-corrected chi connectivity index (χ3v) is 4.98. The van der Waals surface area contributed by atoms with E-state index in [1.54, 1.807) is 24.3 Å². The van der Waals surface area contributed by atoms with Crippen molar-refractivity contribution >= 4 is 10.0 Å². The van der Waals surface area contributed by atoms with Gasteiger partial charge in [0.2, 0.25) is 10.0 Å². The maximum Gasteiger partial charge on any atom is 0.243 e. The van der Waals surface area contributed by atoms with E-state index in [9.17, 15) is 8.42 Å². The zero-order valence-electron chi connectivity index (χ0n) is 10.3. The lowest BCUT2D eigenvalue weighted by molar-refractivity contribution is 0.195. The van der Waals surface area contributed by atoms with Crippen molar-refractivity contribution < 1.29 is 13.5 Å². The average molecular weight is 270 g/mol. The van der Waals surface area contributed by atoms with Crippen LogP contribution in [0.4, 0.5) is 0 Å². The third kappa shape index (κ3) is 2.72. The second-order valence-electron chi connectivity index (χ2n) is 4.51. The molecule has 1 heterocycles. The van der Waals surface area contributed by atoms with Gasteiger partial charge < -0.3 is 10.4 Å². The normalized spacial score (nSPS) is 22.0. The van der Waals surface area contributed by atoms with Crippen molar-refractivity contribution in [3.05, 3.63) is 29.8 Å². The van der Waals surface area contributed by atoms with Crippen molar-refractivity contribution in [3.8, 4) is 0 Å². The van der Waals surface area contributed by atoms with Crippen LogP contribution in [0.25, 0.3) is 0 Å². The topological polar surface area (TPSA) is 69.6 Å². The van der Waals surface area contributed by atoms with E-state index >= 15 is 0 Å². The zero-order chi connectivity index (χ0) is 13.2. The van der Waals surface area contributed by atoms with Crippen molar-refractivity contribution in [2.45, 2.75) is 17.9 Å². The Balaban J connectivity index is 2.22. The molecule has 1 aromatic rings. The molecule has 6 heteroatoms. The molecule has 5 nitrogen and oxygen atoms in total. The van der Waals surface area contributed by atoms with Crippen molar-refractivity contribution in [2.75, 3.05) is 26.2 Å². The standard InChI is InChI=1S/C12H18N2O3S/c1-10-2-4-12(5-3-10)18(16,17)14-7-6-13-11(8-14)9-15/h2-5,11,13,15H,6-9H2,1H3/t11-/m1/s1. The van der Waals surface area contributed by atoms with Crippen LogP contribution in [0.15, 0.2) is 29.2 Å². The third-order valence-electron chi connectivity index (χ3n) is 3.10. The number of aryl methyl sites for hydroxylation is 1. The van der Waals surface area contributed by atoms with Gasteiger partial charge in [-0.1, -0.05) is 17.7 Å². The fourth-order valence-corrected chi connectivity index (χ4v) is 3.48. The number of piperazine rings is 1. The van der Waals surface area contributed by atoms with Gasteiger partial charge in [-0.2, -0.15) is 4.31 Å². The van der Waals surface area contributed by atoms with Gasteiger partial charge in [0.25, 0.3) is 0 Å². The van der Waals surface area contributed by atoms with E-state index < -0.39 is 10.0 Å². The summed E-state index contributed by atoms with van der Waals surface area (Å²) in [5.74, 6) is 0. The predicted molar refractivity (Wildman–Crippen MR) is 68.8 cm³/mol. The van der Waals surface area contributed by atoms with Crippen molar-refractivity contribution in [1.29, 1.82) is 0 Å². The fraction of sp³-hybridized carbons (Fsp3) is 0.500. The van der Waals surface area contributed by atoms with Crippen LogP contribution < -0.4 is 5.32 Å². The van der Waals surface area contributed by atoms with Crippen LogP contribution in [0, 0.1) is 6.92 Å². The Labute approximate surface area is 107 Å². The minimum Gasteiger partial charge on any atom is -0.395 e. The molecule has 0 saturated carbocycles. The smallest absolute Gasteiger partial charge is 0.243 e. The summed E-state index contributed by atoms with van der Waals surface area (Å²) in [7, 11) is -3.44. The SMILES string of the molecule is Cc1ccc(S(=O)(=O)N2CCN[C@@H](CO)C2)cc1. The minimum absolute atomic E-state index is 0.0556. The highest BCUT2D eigenvalue weighted by molar-refractivity contribution is 7.89. The first-order valence-corrected chi connectivity index (χ1v) is 7.39. The first-order valence-electron chi connectivity index (χ1n) is 5.95.